The Hall–Kier alpha value is -3.58. The van der Waals surface area contributed by atoms with E-state index < -0.39 is 0 Å². The Bertz CT molecular complexity index is 1270. The molecule has 0 spiro atoms. The molecule has 0 bridgehead atoms. The Morgan fingerprint density at radius 1 is 1.09 bits per heavy atom. The summed E-state index contributed by atoms with van der Waals surface area (Å²) >= 11 is 0. The highest BCUT2D eigenvalue weighted by Gasteiger charge is 2.27. The molecular formula is C25H26N6O. The minimum Gasteiger partial charge on any atom is -0.334 e. The van der Waals surface area contributed by atoms with E-state index in [2.05, 4.69) is 5.10 Å². The molecule has 5 rings (SSSR count). The van der Waals surface area contributed by atoms with Crippen LogP contribution in [0.25, 0.3) is 28.2 Å². The van der Waals surface area contributed by atoms with Crippen molar-refractivity contribution in [3.8, 4) is 22.5 Å². The molecular weight excluding hydrogens is 400 g/mol. The van der Waals surface area contributed by atoms with Crippen molar-refractivity contribution in [1.29, 1.82) is 0 Å². The number of amides is 1. The molecule has 7 heteroatoms. The summed E-state index contributed by atoms with van der Waals surface area (Å²) in [5.74, 6) is 0.0151. The molecule has 7 nitrogen and oxygen atoms in total. The Labute approximate surface area is 186 Å². The van der Waals surface area contributed by atoms with Gasteiger partial charge in [-0.1, -0.05) is 30.3 Å². The van der Waals surface area contributed by atoms with Crippen molar-refractivity contribution in [3.63, 3.8) is 0 Å². The minimum absolute atomic E-state index is 0.0151. The van der Waals surface area contributed by atoms with Crippen molar-refractivity contribution < 1.29 is 4.79 Å². The molecule has 32 heavy (non-hydrogen) atoms. The maximum atomic E-state index is 13.4. The summed E-state index contributed by atoms with van der Waals surface area (Å²) in [7, 11) is 0. The molecule has 4 aromatic rings. The first-order valence-electron chi connectivity index (χ1n) is 11.0. The van der Waals surface area contributed by atoms with Crippen molar-refractivity contribution in [2.45, 2.75) is 32.2 Å². The van der Waals surface area contributed by atoms with Gasteiger partial charge in [0.25, 0.3) is 5.91 Å². The topological polar surface area (TPSA) is 89.4 Å². The van der Waals surface area contributed by atoms with E-state index in [-0.39, 0.29) is 11.9 Å². The van der Waals surface area contributed by atoms with Gasteiger partial charge in [-0.15, -0.1) is 0 Å². The molecule has 0 aliphatic carbocycles. The average Bonchev–Trinajstić information content (AvgIpc) is 3.27. The lowest BCUT2D eigenvalue weighted by Gasteiger charge is -2.35. The lowest BCUT2D eigenvalue weighted by atomic mass is 10.0. The summed E-state index contributed by atoms with van der Waals surface area (Å²) in [6, 6.07) is 15.8. The number of nitrogens with two attached hydrogens (primary N) is 1. The third-order valence-corrected chi connectivity index (χ3v) is 6.08. The molecule has 1 saturated heterocycles. The van der Waals surface area contributed by atoms with Gasteiger partial charge in [0.1, 0.15) is 0 Å². The second-order valence-corrected chi connectivity index (χ2v) is 8.27. The van der Waals surface area contributed by atoms with E-state index in [4.69, 9.17) is 15.7 Å². The number of carbonyl (C=O) groups is 1. The molecule has 4 heterocycles. The smallest absolute Gasteiger partial charge is 0.254 e. The number of nitrogens with zero attached hydrogens (tertiary/aromatic N) is 5. The number of fused-ring (bicyclic) bond motifs is 1. The molecule has 1 amide bonds. The number of aryl methyl sites for hydroxylation is 1. The van der Waals surface area contributed by atoms with Crippen LogP contribution in [0.4, 0.5) is 0 Å². The molecule has 3 aromatic heterocycles. The quantitative estimate of drug-likeness (QED) is 0.537. The Kier molecular flexibility index (Phi) is 5.41. The molecule has 1 unspecified atom stereocenters. The number of pyridine rings is 1. The van der Waals surface area contributed by atoms with Gasteiger partial charge in [-0.2, -0.15) is 5.10 Å². The fraction of sp³-hybridized carbons (Fsp3) is 0.280. The van der Waals surface area contributed by atoms with Crippen molar-refractivity contribution in [2.24, 2.45) is 5.73 Å². The molecule has 0 saturated carbocycles. The third kappa shape index (κ3) is 3.76. The number of piperidine rings is 1. The van der Waals surface area contributed by atoms with Gasteiger partial charge in [0.05, 0.1) is 23.1 Å². The Balaban J connectivity index is 1.55. The van der Waals surface area contributed by atoms with Gasteiger partial charge in [0.15, 0.2) is 5.65 Å². The van der Waals surface area contributed by atoms with Crippen LogP contribution in [0.1, 0.15) is 35.3 Å². The van der Waals surface area contributed by atoms with E-state index >= 15 is 0 Å². The van der Waals surface area contributed by atoms with Gasteiger partial charge in [0.2, 0.25) is 0 Å². The largest absolute Gasteiger partial charge is 0.334 e. The van der Waals surface area contributed by atoms with Crippen molar-refractivity contribution >= 4 is 11.6 Å². The molecule has 1 atom stereocenters. The van der Waals surface area contributed by atoms with Crippen LogP contribution in [0.2, 0.25) is 0 Å². The standard InChI is InChI=1S/C25H26N6O/c1-17-13-19(25(32)30-11-6-5-9-20(30)15-26)14-23(28-17)21-16-27-31-12-10-22(29-24(21)31)18-7-3-2-4-8-18/h2-4,7-8,10,12-14,16,20H,5-6,9,11,15,26H2,1H3. The molecule has 162 valence electrons. The predicted octanol–water partition coefficient (Wildman–Crippen LogP) is 3.72. The maximum absolute atomic E-state index is 13.4. The first-order chi connectivity index (χ1) is 15.6. The summed E-state index contributed by atoms with van der Waals surface area (Å²) in [5.41, 5.74) is 11.5. The van der Waals surface area contributed by atoms with Gasteiger partial charge in [-0.25, -0.2) is 9.50 Å². The van der Waals surface area contributed by atoms with Crippen molar-refractivity contribution in [2.75, 3.05) is 13.1 Å². The van der Waals surface area contributed by atoms with Gasteiger partial charge in [-0.05, 0) is 44.4 Å². The molecule has 0 radical (unpaired) electrons. The monoisotopic (exact) mass is 426 g/mol. The molecule has 2 N–H and O–H groups in total. The summed E-state index contributed by atoms with van der Waals surface area (Å²) in [5, 5.41) is 4.45. The maximum Gasteiger partial charge on any atom is 0.254 e. The summed E-state index contributed by atoms with van der Waals surface area (Å²) in [4.78, 5) is 24.8. The minimum atomic E-state index is 0.0151. The van der Waals surface area contributed by atoms with Crippen molar-refractivity contribution in [3.05, 3.63) is 72.2 Å². The van der Waals surface area contributed by atoms with Gasteiger partial charge < -0.3 is 10.6 Å². The lowest BCUT2D eigenvalue weighted by Crippen LogP contribution is -2.47. The number of likely N-dealkylation sites (tertiary alicyclic amines) is 1. The van der Waals surface area contributed by atoms with Crippen LogP contribution in [0.15, 0.2) is 60.9 Å². The van der Waals surface area contributed by atoms with Gasteiger partial charge in [-0.3, -0.25) is 9.78 Å². The zero-order valence-corrected chi connectivity index (χ0v) is 18.1. The van der Waals surface area contributed by atoms with Gasteiger partial charge >= 0.3 is 0 Å². The van der Waals surface area contributed by atoms with E-state index in [1.807, 2.05) is 66.6 Å². The number of aromatic nitrogens is 4. The van der Waals surface area contributed by atoms with Crippen LogP contribution in [0, 0.1) is 6.92 Å². The van der Waals surface area contributed by atoms with Crippen LogP contribution < -0.4 is 5.73 Å². The number of carbonyl (C=O) groups excluding carboxylic acids is 1. The molecule has 1 aliphatic heterocycles. The normalized spacial score (nSPS) is 16.4. The number of hydrogen-bond acceptors (Lipinski definition) is 5. The lowest BCUT2D eigenvalue weighted by molar-refractivity contribution is 0.0623. The zero-order valence-electron chi connectivity index (χ0n) is 18.1. The third-order valence-electron chi connectivity index (χ3n) is 6.08. The van der Waals surface area contributed by atoms with Crippen LogP contribution in [-0.4, -0.2) is 49.5 Å². The highest BCUT2D eigenvalue weighted by Crippen LogP contribution is 2.27. The zero-order chi connectivity index (χ0) is 22.1. The summed E-state index contributed by atoms with van der Waals surface area (Å²) in [6.07, 6.45) is 6.75. The van der Waals surface area contributed by atoms with E-state index in [0.29, 0.717) is 23.4 Å². The predicted molar refractivity (Wildman–Crippen MR) is 124 cm³/mol. The fourth-order valence-electron chi connectivity index (χ4n) is 4.43. The first kappa shape index (κ1) is 20.3. The summed E-state index contributed by atoms with van der Waals surface area (Å²) in [6.45, 7) is 3.14. The van der Waals surface area contributed by atoms with Crippen LogP contribution in [0.5, 0.6) is 0 Å². The Morgan fingerprint density at radius 3 is 2.75 bits per heavy atom. The number of hydrogen-bond donors (Lipinski definition) is 1. The van der Waals surface area contributed by atoms with Crippen LogP contribution >= 0.6 is 0 Å². The second kappa shape index (κ2) is 8.51. The highest BCUT2D eigenvalue weighted by atomic mass is 16.2. The number of rotatable bonds is 4. The van der Waals surface area contributed by atoms with Crippen LogP contribution in [-0.2, 0) is 0 Å². The van der Waals surface area contributed by atoms with Crippen molar-refractivity contribution in [1.82, 2.24) is 24.5 Å². The van der Waals surface area contributed by atoms with Crippen LogP contribution in [0.3, 0.4) is 0 Å². The highest BCUT2D eigenvalue weighted by molar-refractivity contribution is 5.96. The molecule has 1 aliphatic rings. The first-order valence-corrected chi connectivity index (χ1v) is 11.0. The second-order valence-electron chi connectivity index (χ2n) is 8.27. The molecule has 1 fully saturated rings. The number of benzene rings is 1. The van der Waals surface area contributed by atoms with E-state index in [1.54, 1.807) is 10.7 Å². The Morgan fingerprint density at radius 2 is 1.94 bits per heavy atom. The SMILES string of the molecule is Cc1cc(C(=O)N2CCCCC2CN)cc(-c2cnn3ccc(-c4ccccc4)nc23)n1. The average molecular weight is 427 g/mol. The summed E-state index contributed by atoms with van der Waals surface area (Å²) < 4.78 is 1.74. The fourth-order valence-corrected chi connectivity index (χ4v) is 4.43. The molecule has 1 aromatic carbocycles. The van der Waals surface area contributed by atoms with E-state index in [1.165, 1.54) is 0 Å². The van der Waals surface area contributed by atoms with E-state index in [9.17, 15) is 4.79 Å². The van der Waals surface area contributed by atoms with Gasteiger partial charge in [0, 0.05) is 42.1 Å². The van der Waals surface area contributed by atoms with E-state index in [0.717, 1.165) is 48.3 Å².